The van der Waals surface area contributed by atoms with Gasteiger partial charge in [0.15, 0.2) is 29.0 Å². The van der Waals surface area contributed by atoms with Crippen molar-refractivity contribution in [2.24, 2.45) is 0 Å². The van der Waals surface area contributed by atoms with Crippen LogP contribution >= 0.6 is 46.4 Å². The lowest BCUT2D eigenvalue weighted by Crippen LogP contribution is -2.53. The highest BCUT2D eigenvalue weighted by Crippen LogP contribution is 2.44. The molecule has 0 fully saturated rings. The second kappa shape index (κ2) is 17.9. The van der Waals surface area contributed by atoms with Crippen molar-refractivity contribution in [1.29, 1.82) is 0 Å². The number of methoxy groups -OCH3 is 1. The van der Waals surface area contributed by atoms with Crippen molar-refractivity contribution in [1.82, 2.24) is 20.9 Å². The number of phenols is 2. The maximum absolute atomic E-state index is 14.6. The number of carbonyl (C=O) groups excluding carboxylic acids is 5. The topological polar surface area (TPSA) is 205 Å². The molecule has 14 nitrogen and oxygen atoms in total. The molecule has 6 bridgehead atoms. The second-order valence-electron chi connectivity index (χ2n) is 14.4. The number of ketones is 1. The zero-order valence-electron chi connectivity index (χ0n) is 32.5. The molecule has 0 saturated heterocycles. The Hall–Kier alpha value is -5.67. The highest BCUT2D eigenvalue weighted by molar-refractivity contribution is 6.45. The molecule has 0 aliphatic carbocycles. The molecule has 0 saturated carbocycles. The molecule has 314 valence electrons. The van der Waals surface area contributed by atoms with Gasteiger partial charge in [0, 0.05) is 34.6 Å². The Morgan fingerprint density at radius 1 is 0.783 bits per heavy atom. The lowest BCUT2D eigenvalue weighted by atomic mass is 9.95. The number of aromatic nitrogens is 1. The van der Waals surface area contributed by atoms with Crippen LogP contribution in [-0.2, 0) is 30.3 Å². The highest BCUT2D eigenvalue weighted by Gasteiger charge is 2.35. The quantitative estimate of drug-likeness (QED) is 0.0487. The van der Waals surface area contributed by atoms with Crippen molar-refractivity contribution in [2.45, 2.75) is 64.4 Å². The molecule has 5 aromatic rings. The van der Waals surface area contributed by atoms with Gasteiger partial charge < -0.3 is 45.4 Å². The van der Waals surface area contributed by atoms with E-state index in [9.17, 15) is 34.2 Å². The van der Waals surface area contributed by atoms with Crippen LogP contribution in [0.15, 0.2) is 60.8 Å². The minimum Gasteiger partial charge on any atom is -0.505 e. The van der Waals surface area contributed by atoms with Crippen molar-refractivity contribution in [3.05, 3.63) is 103 Å². The van der Waals surface area contributed by atoms with E-state index in [0.29, 0.717) is 33.3 Å². The predicted octanol–water partition coefficient (Wildman–Crippen LogP) is 7.55. The summed E-state index contributed by atoms with van der Waals surface area (Å²) in [6, 6.07) is 8.35. The van der Waals surface area contributed by atoms with Crippen LogP contribution in [0.25, 0.3) is 22.0 Å². The zero-order chi connectivity index (χ0) is 43.7. The van der Waals surface area contributed by atoms with Gasteiger partial charge in [0.05, 0.1) is 39.4 Å². The third-order valence-corrected chi connectivity index (χ3v) is 10.5. The van der Waals surface area contributed by atoms with Crippen LogP contribution in [0.2, 0.25) is 20.1 Å². The van der Waals surface area contributed by atoms with Crippen LogP contribution in [0.1, 0.15) is 66.8 Å². The normalized spacial score (nSPS) is 16.8. The van der Waals surface area contributed by atoms with Crippen molar-refractivity contribution >= 4 is 86.8 Å². The molecule has 3 atom stereocenters. The standard InChI is InChI=1S/C42H38Cl4N4O10/c1-17(2)59-32-15-20-8-25(38(32)60-18(3)4)19-6-7-24-23(16-47-30(24)13-19)14-31(48-41(56)35(51)22-11-28(45)37(53)29(46)12-22)39(54)49-33(40(55)50-34(20)42(57)58-5)21-9-26(43)36(52)27(44)10-21/h6-13,15-18,31,33-34,47,52-53H,14H2,1-5H3,(H,48,56)(H,49,54)(H,50,55)/t31-,33-,34-/m1/s1. The van der Waals surface area contributed by atoms with Crippen LogP contribution < -0.4 is 25.4 Å². The summed E-state index contributed by atoms with van der Waals surface area (Å²) in [7, 11) is 1.14. The number of benzene rings is 4. The van der Waals surface area contributed by atoms with E-state index in [1.54, 1.807) is 30.5 Å². The van der Waals surface area contributed by atoms with Crippen molar-refractivity contribution in [3.8, 4) is 34.1 Å². The molecule has 7 rings (SSSR count). The first-order valence-electron chi connectivity index (χ1n) is 18.4. The van der Waals surface area contributed by atoms with E-state index in [2.05, 4.69) is 20.9 Å². The molecule has 3 heterocycles. The summed E-state index contributed by atoms with van der Waals surface area (Å²) in [6.45, 7) is 7.34. The number of esters is 1. The van der Waals surface area contributed by atoms with Crippen LogP contribution in [-0.4, -0.2) is 70.0 Å². The Kier molecular flexibility index (Phi) is 13.1. The van der Waals surface area contributed by atoms with Gasteiger partial charge in [0.25, 0.3) is 5.91 Å². The zero-order valence-corrected chi connectivity index (χ0v) is 35.6. The largest absolute Gasteiger partial charge is 0.505 e. The first-order chi connectivity index (χ1) is 28.4. The van der Waals surface area contributed by atoms with E-state index in [4.69, 9.17) is 60.6 Å². The number of aromatic hydroxyl groups is 2. The van der Waals surface area contributed by atoms with E-state index in [1.807, 2.05) is 33.8 Å². The maximum Gasteiger partial charge on any atom is 0.333 e. The average molecular weight is 901 g/mol. The first kappa shape index (κ1) is 43.9. The van der Waals surface area contributed by atoms with E-state index in [1.165, 1.54) is 12.1 Å². The number of fused-ring (bicyclic) bond motifs is 8. The maximum atomic E-state index is 14.6. The minimum absolute atomic E-state index is 0.0306. The summed E-state index contributed by atoms with van der Waals surface area (Å²) >= 11 is 24.6. The summed E-state index contributed by atoms with van der Waals surface area (Å²) in [4.78, 5) is 72.9. The number of nitrogens with one attached hydrogen (secondary N) is 4. The molecule has 0 unspecified atom stereocenters. The van der Waals surface area contributed by atoms with Crippen LogP contribution in [0, 0.1) is 0 Å². The summed E-state index contributed by atoms with van der Waals surface area (Å²) in [5.74, 6) is -5.57. The molecule has 60 heavy (non-hydrogen) atoms. The smallest absolute Gasteiger partial charge is 0.333 e. The van der Waals surface area contributed by atoms with Crippen molar-refractivity contribution in [3.63, 3.8) is 0 Å². The fraction of sp³-hybridized carbons (Fsp3) is 0.262. The molecule has 18 heteroatoms. The number of amides is 3. The number of carbonyl (C=O) groups is 5. The summed E-state index contributed by atoms with van der Waals surface area (Å²) < 4.78 is 17.7. The molecule has 0 spiro atoms. The van der Waals surface area contributed by atoms with Gasteiger partial charge in [-0.1, -0.05) is 58.5 Å². The van der Waals surface area contributed by atoms with Crippen LogP contribution in [0.4, 0.5) is 0 Å². The Morgan fingerprint density at radius 2 is 1.40 bits per heavy atom. The minimum atomic E-state index is -1.70. The van der Waals surface area contributed by atoms with E-state index in [-0.39, 0.29) is 61.2 Å². The molecule has 3 amide bonds. The number of phenolic OH excluding ortho intramolecular Hbond substituents is 2. The van der Waals surface area contributed by atoms with Gasteiger partial charge in [-0.05, 0) is 92.4 Å². The SMILES string of the molecule is COC(=O)[C@@H]1NC(=O)[C@@H](c2cc(Cl)c(O)c(Cl)c2)NC(=O)[C@H](NC(=O)C(=O)c2cc(Cl)c(O)c(Cl)c2)Cc2c[nH]c3cc(ccc23)-c2cc1cc(OC(C)C)c2OC(C)C. The lowest BCUT2D eigenvalue weighted by Gasteiger charge is -2.27. The van der Waals surface area contributed by atoms with Crippen molar-refractivity contribution in [2.75, 3.05) is 7.11 Å². The predicted molar refractivity (Wildman–Crippen MR) is 225 cm³/mol. The average Bonchev–Trinajstić information content (AvgIpc) is 3.60. The van der Waals surface area contributed by atoms with Gasteiger partial charge in [-0.25, -0.2) is 4.79 Å². The van der Waals surface area contributed by atoms with E-state index < -0.39 is 59.1 Å². The summed E-state index contributed by atoms with van der Waals surface area (Å²) in [6.07, 6.45) is 0.756. The summed E-state index contributed by atoms with van der Waals surface area (Å²) in [5.41, 5.74) is 2.18. The molecule has 6 N–H and O–H groups in total. The molecule has 2 aliphatic rings. The number of aromatic amines is 1. The lowest BCUT2D eigenvalue weighted by molar-refractivity contribution is -0.145. The number of halogens is 4. The van der Waals surface area contributed by atoms with Gasteiger partial charge in [-0.3, -0.25) is 19.2 Å². The summed E-state index contributed by atoms with van der Waals surface area (Å²) in [5, 5.41) is 27.6. The van der Waals surface area contributed by atoms with Gasteiger partial charge in [-0.15, -0.1) is 0 Å². The molecule has 4 aromatic carbocycles. The number of ether oxygens (including phenoxy) is 3. The van der Waals surface area contributed by atoms with Gasteiger partial charge in [0.2, 0.25) is 17.6 Å². The molecule has 0 radical (unpaired) electrons. The van der Waals surface area contributed by atoms with Gasteiger partial charge >= 0.3 is 5.97 Å². The number of Topliss-reactive ketones (excluding diaryl/α,β-unsaturated/α-hetero) is 1. The Bertz CT molecular complexity index is 2510. The van der Waals surface area contributed by atoms with Gasteiger partial charge in [-0.2, -0.15) is 0 Å². The van der Waals surface area contributed by atoms with Gasteiger partial charge in [0.1, 0.15) is 12.1 Å². The molecule has 2 aliphatic heterocycles. The van der Waals surface area contributed by atoms with E-state index in [0.717, 1.165) is 19.2 Å². The number of H-pyrrole nitrogens is 1. The number of hydrogen-bond donors (Lipinski definition) is 6. The Labute approximate surface area is 363 Å². The third kappa shape index (κ3) is 9.21. The highest BCUT2D eigenvalue weighted by atomic mass is 35.5. The Balaban J connectivity index is 1.56. The Morgan fingerprint density at radius 3 is 2.00 bits per heavy atom. The van der Waals surface area contributed by atoms with Crippen LogP contribution in [0.5, 0.6) is 23.0 Å². The third-order valence-electron chi connectivity index (χ3n) is 9.38. The molecule has 1 aromatic heterocycles. The number of hydrogen-bond acceptors (Lipinski definition) is 10. The number of rotatable bonds is 9. The van der Waals surface area contributed by atoms with Crippen molar-refractivity contribution < 1.29 is 48.4 Å². The molecular formula is C42H38Cl4N4O10. The fourth-order valence-electron chi connectivity index (χ4n) is 6.62. The van der Waals surface area contributed by atoms with Crippen LogP contribution in [0.3, 0.4) is 0 Å². The molecular weight excluding hydrogens is 862 g/mol. The second-order valence-corrected chi connectivity index (χ2v) is 16.0. The fourth-order valence-corrected chi connectivity index (χ4v) is 7.61. The monoisotopic (exact) mass is 898 g/mol. The van der Waals surface area contributed by atoms with E-state index >= 15 is 0 Å². The first-order valence-corrected chi connectivity index (χ1v) is 19.9.